The molecule has 0 saturated carbocycles. The van der Waals surface area contributed by atoms with Crippen molar-refractivity contribution in [2.45, 2.75) is 38.8 Å². The van der Waals surface area contributed by atoms with Gasteiger partial charge in [0.2, 0.25) is 0 Å². The highest BCUT2D eigenvalue weighted by Crippen LogP contribution is 2.10. The van der Waals surface area contributed by atoms with E-state index in [1.54, 1.807) is 0 Å². The molecule has 1 radical (unpaired) electrons. The fourth-order valence-electron chi connectivity index (χ4n) is 1.47. The molecule has 1 unspecified atom stereocenters. The van der Waals surface area contributed by atoms with Gasteiger partial charge in [-0.25, -0.2) is 5.32 Å². The van der Waals surface area contributed by atoms with Crippen molar-refractivity contribution in [3.05, 3.63) is 0 Å². The lowest BCUT2D eigenvalue weighted by atomic mass is 10.3. The Hall–Kier alpha value is 0.230. The highest BCUT2D eigenvalue weighted by atomic mass is 32.2. The Bertz CT molecular complexity index is 152. The summed E-state index contributed by atoms with van der Waals surface area (Å²) in [4.78, 5) is 0. The van der Waals surface area contributed by atoms with Crippen molar-refractivity contribution in [2.75, 3.05) is 37.9 Å². The summed E-state index contributed by atoms with van der Waals surface area (Å²) in [6, 6.07) is 0. The highest BCUT2D eigenvalue weighted by Gasteiger charge is 2.13. The minimum absolute atomic E-state index is 0.153. The molecule has 0 aromatic heterocycles. The number of unbranched alkanes of at least 4 members (excludes halogenated alkanes) is 2. The molecule has 0 amide bonds. The Balaban J connectivity index is 1.77. The van der Waals surface area contributed by atoms with Gasteiger partial charge in [0, 0.05) is 37.9 Å². The van der Waals surface area contributed by atoms with Crippen LogP contribution in [0.1, 0.15) is 32.6 Å². The first-order valence-electron chi connectivity index (χ1n) is 6.37. The summed E-state index contributed by atoms with van der Waals surface area (Å²) in [5, 5.41) is 4.41. The maximum atomic E-state index is 5.67. The van der Waals surface area contributed by atoms with E-state index in [1.165, 1.54) is 12.8 Å². The third kappa shape index (κ3) is 7.49. The van der Waals surface area contributed by atoms with Crippen LogP contribution in [0.3, 0.4) is 0 Å². The van der Waals surface area contributed by atoms with Gasteiger partial charge in [0.1, 0.15) is 6.23 Å². The van der Waals surface area contributed by atoms with Gasteiger partial charge in [-0.2, -0.15) is 11.8 Å². The summed E-state index contributed by atoms with van der Waals surface area (Å²) in [5.41, 5.74) is 0. The Morgan fingerprint density at radius 1 is 1.19 bits per heavy atom. The molecular formula is C12H24NO2S. The van der Waals surface area contributed by atoms with Crippen LogP contribution in [0.15, 0.2) is 0 Å². The molecule has 1 atom stereocenters. The highest BCUT2D eigenvalue weighted by molar-refractivity contribution is 7.99. The molecular weight excluding hydrogens is 222 g/mol. The molecule has 1 fully saturated rings. The van der Waals surface area contributed by atoms with Crippen LogP contribution in [-0.4, -0.2) is 44.1 Å². The van der Waals surface area contributed by atoms with Crippen LogP contribution in [0.4, 0.5) is 0 Å². The van der Waals surface area contributed by atoms with Gasteiger partial charge in [-0.1, -0.05) is 13.3 Å². The molecule has 16 heavy (non-hydrogen) atoms. The summed E-state index contributed by atoms with van der Waals surface area (Å²) in [7, 11) is 0. The van der Waals surface area contributed by atoms with E-state index in [0.717, 1.165) is 50.7 Å². The first-order valence-corrected chi connectivity index (χ1v) is 7.52. The van der Waals surface area contributed by atoms with Crippen molar-refractivity contribution >= 4 is 11.8 Å². The zero-order chi connectivity index (χ0) is 11.5. The molecule has 0 aliphatic carbocycles. The van der Waals surface area contributed by atoms with Gasteiger partial charge in [-0.15, -0.1) is 0 Å². The minimum atomic E-state index is 0.153. The molecule has 1 aliphatic heterocycles. The van der Waals surface area contributed by atoms with Gasteiger partial charge in [-0.05, 0) is 19.3 Å². The van der Waals surface area contributed by atoms with Gasteiger partial charge < -0.3 is 9.47 Å². The van der Waals surface area contributed by atoms with Gasteiger partial charge in [0.25, 0.3) is 0 Å². The maximum absolute atomic E-state index is 5.67. The summed E-state index contributed by atoms with van der Waals surface area (Å²) in [5.74, 6) is 2.19. The van der Waals surface area contributed by atoms with Crippen molar-refractivity contribution in [1.29, 1.82) is 0 Å². The molecule has 1 saturated heterocycles. The van der Waals surface area contributed by atoms with E-state index in [0.29, 0.717) is 0 Å². The zero-order valence-corrected chi connectivity index (χ0v) is 11.1. The van der Waals surface area contributed by atoms with Gasteiger partial charge >= 0.3 is 0 Å². The van der Waals surface area contributed by atoms with Gasteiger partial charge in [0.05, 0.1) is 0 Å². The van der Waals surface area contributed by atoms with E-state index in [1.807, 2.05) is 11.8 Å². The number of ether oxygens (including phenoxy) is 2. The minimum Gasteiger partial charge on any atom is -0.381 e. The lowest BCUT2D eigenvalue weighted by molar-refractivity contribution is 0.0356. The lowest BCUT2D eigenvalue weighted by Gasteiger charge is -2.21. The fourth-order valence-corrected chi connectivity index (χ4v) is 2.28. The monoisotopic (exact) mass is 246 g/mol. The Morgan fingerprint density at radius 3 is 2.75 bits per heavy atom. The van der Waals surface area contributed by atoms with Gasteiger partial charge in [0.15, 0.2) is 0 Å². The van der Waals surface area contributed by atoms with Crippen LogP contribution in [0.2, 0.25) is 0 Å². The van der Waals surface area contributed by atoms with E-state index in [9.17, 15) is 0 Å². The predicted molar refractivity (Wildman–Crippen MR) is 69.0 cm³/mol. The molecule has 0 bridgehead atoms. The molecule has 0 N–H and O–H groups in total. The number of rotatable bonds is 9. The predicted octanol–water partition coefficient (Wildman–Crippen LogP) is 2.28. The third-order valence-electron chi connectivity index (χ3n) is 2.46. The van der Waals surface area contributed by atoms with E-state index in [4.69, 9.17) is 9.47 Å². The molecule has 1 rings (SSSR count). The van der Waals surface area contributed by atoms with Crippen LogP contribution < -0.4 is 5.32 Å². The molecule has 0 spiro atoms. The van der Waals surface area contributed by atoms with E-state index in [-0.39, 0.29) is 6.23 Å². The molecule has 0 aromatic rings. The first-order chi connectivity index (χ1) is 7.93. The van der Waals surface area contributed by atoms with Crippen molar-refractivity contribution < 1.29 is 9.47 Å². The zero-order valence-electron chi connectivity index (χ0n) is 10.3. The Morgan fingerprint density at radius 2 is 2.00 bits per heavy atom. The van der Waals surface area contributed by atoms with Crippen LogP contribution in [0.5, 0.6) is 0 Å². The largest absolute Gasteiger partial charge is 0.381 e. The summed E-state index contributed by atoms with van der Waals surface area (Å²) in [6.45, 7) is 5.75. The molecule has 0 aromatic carbocycles. The van der Waals surface area contributed by atoms with Crippen LogP contribution in [-0.2, 0) is 9.47 Å². The second-order valence-electron chi connectivity index (χ2n) is 3.98. The van der Waals surface area contributed by atoms with Crippen molar-refractivity contribution in [1.82, 2.24) is 5.32 Å². The smallest absolute Gasteiger partial charge is 0.132 e. The van der Waals surface area contributed by atoms with Crippen molar-refractivity contribution in [3.8, 4) is 0 Å². The number of hydrogen-bond acceptors (Lipinski definition) is 3. The lowest BCUT2D eigenvalue weighted by Crippen LogP contribution is -2.34. The number of hydrogen-bond donors (Lipinski definition) is 0. The average molecular weight is 246 g/mol. The molecule has 1 aliphatic rings. The van der Waals surface area contributed by atoms with E-state index >= 15 is 0 Å². The standard InChI is InChI=1S/C12H24NO2S/c1-2-3-7-14-8-4-5-9-15-12-11-16-10-6-13-12/h12H,2-11H2,1H3. The van der Waals surface area contributed by atoms with Gasteiger partial charge in [-0.3, -0.25) is 0 Å². The second-order valence-corrected chi connectivity index (χ2v) is 5.13. The van der Waals surface area contributed by atoms with Crippen LogP contribution in [0.25, 0.3) is 0 Å². The van der Waals surface area contributed by atoms with Crippen LogP contribution in [0, 0.1) is 0 Å². The second kappa shape index (κ2) is 10.4. The number of thioether (sulfide) groups is 1. The van der Waals surface area contributed by atoms with Crippen LogP contribution >= 0.6 is 11.8 Å². The molecule has 3 nitrogen and oxygen atoms in total. The quantitative estimate of drug-likeness (QED) is 0.585. The van der Waals surface area contributed by atoms with Crippen molar-refractivity contribution in [3.63, 3.8) is 0 Å². The topological polar surface area (TPSA) is 32.6 Å². The number of nitrogens with zero attached hydrogens (tertiary/aromatic N) is 1. The fraction of sp³-hybridized carbons (Fsp3) is 1.00. The maximum Gasteiger partial charge on any atom is 0.132 e. The Kier molecular flexibility index (Phi) is 9.28. The normalized spacial score (nSPS) is 21.2. The average Bonchev–Trinajstić information content (AvgIpc) is 2.34. The SMILES string of the molecule is CCCCOCCCCOC1CSCC[N]1. The first kappa shape index (κ1) is 14.3. The molecule has 1 heterocycles. The molecule has 4 heteroatoms. The van der Waals surface area contributed by atoms with E-state index < -0.39 is 0 Å². The Labute approximate surface area is 104 Å². The molecule has 95 valence electrons. The third-order valence-corrected chi connectivity index (χ3v) is 3.46. The van der Waals surface area contributed by atoms with E-state index in [2.05, 4.69) is 12.2 Å². The summed E-state index contributed by atoms with van der Waals surface area (Å²) < 4.78 is 11.2. The summed E-state index contributed by atoms with van der Waals surface area (Å²) in [6.07, 6.45) is 4.73. The van der Waals surface area contributed by atoms with Crippen molar-refractivity contribution in [2.24, 2.45) is 0 Å². The summed E-state index contributed by atoms with van der Waals surface area (Å²) >= 11 is 1.94.